The summed E-state index contributed by atoms with van der Waals surface area (Å²) in [6, 6.07) is 0. The number of rotatable bonds is 18. The van der Waals surface area contributed by atoms with Crippen LogP contribution in [0.1, 0.15) is 104 Å². The maximum Gasteiger partial charge on any atom is 0.328 e. The molecular weight excluding hydrogens is 418 g/mol. The first kappa shape index (κ1) is 33.0. The van der Waals surface area contributed by atoms with Gasteiger partial charge < -0.3 is 21.3 Å². The Morgan fingerprint density at radius 2 is 1.30 bits per heavy atom. The van der Waals surface area contributed by atoms with E-state index < -0.39 is 11.9 Å². The van der Waals surface area contributed by atoms with Crippen LogP contribution in [-0.4, -0.2) is 52.5 Å². The number of hydrogen-bond acceptors (Lipinski definition) is 5. The Balaban J connectivity index is 0. The molecule has 0 amide bonds. The van der Waals surface area contributed by atoms with Crippen molar-refractivity contribution in [2.45, 2.75) is 104 Å². The fourth-order valence-electron chi connectivity index (χ4n) is 3.63. The minimum absolute atomic E-state index is 0. The normalized spacial score (nSPS) is 13.0. The van der Waals surface area contributed by atoms with E-state index in [1.54, 1.807) is 0 Å². The van der Waals surface area contributed by atoms with Crippen molar-refractivity contribution in [1.82, 2.24) is 11.1 Å². The monoisotopic (exact) mass is 467 g/mol. The molecule has 0 aromatic rings. The minimum atomic E-state index is -1.26. The van der Waals surface area contributed by atoms with Crippen LogP contribution >= 0.6 is 0 Å². The summed E-state index contributed by atoms with van der Waals surface area (Å²) in [7, 11) is 0. The molecule has 7 nitrogen and oxygen atoms in total. The molecule has 0 bridgehead atoms. The predicted octanol–water partition coefficient (Wildman–Crippen LogP) is 6.63. The van der Waals surface area contributed by atoms with Crippen molar-refractivity contribution in [3.8, 4) is 0 Å². The number of aliphatic imine (C=N–C) groups is 1. The van der Waals surface area contributed by atoms with Crippen LogP contribution in [0.4, 0.5) is 0 Å². The molecule has 0 saturated carbocycles. The summed E-state index contributed by atoms with van der Waals surface area (Å²) in [5.74, 6) is -1.22. The molecule has 1 rings (SSSR count). The van der Waals surface area contributed by atoms with Crippen molar-refractivity contribution in [2.24, 2.45) is 4.99 Å². The van der Waals surface area contributed by atoms with Crippen LogP contribution in [0.3, 0.4) is 0 Å². The fraction of sp³-hybridized carbons (Fsp3) is 0.731. The highest BCUT2D eigenvalue weighted by Gasteiger charge is 2.12. The van der Waals surface area contributed by atoms with Crippen molar-refractivity contribution in [3.05, 3.63) is 24.3 Å². The van der Waals surface area contributed by atoms with Crippen molar-refractivity contribution in [3.63, 3.8) is 0 Å². The first-order valence-corrected chi connectivity index (χ1v) is 12.6. The second-order valence-electron chi connectivity index (χ2n) is 8.26. The molecule has 0 aliphatic carbocycles. The molecule has 0 aromatic heterocycles. The van der Waals surface area contributed by atoms with Crippen LogP contribution in [0.5, 0.6) is 0 Å². The molecule has 0 atom stereocenters. The Labute approximate surface area is 201 Å². The van der Waals surface area contributed by atoms with Crippen LogP contribution < -0.4 is 6.15 Å². The van der Waals surface area contributed by atoms with Gasteiger partial charge in [-0.1, -0.05) is 96.6 Å². The van der Waals surface area contributed by atoms with E-state index in [0.29, 0.717) is 12.2 Å². The van der Waals surface area contributed by atoms with Crippen molar-refractivity contribution < 1.29 is 19.8 Å². The third-order valence-corrected chi connectivity index (χ3v) is 5.43. The Kier molecular flexibility index (Phi) is 24.5. The second kappa shape index (κ2) is 24.5. The second-order valence-corrected chi connectivity index (χ2v) is 8.26. The van der Waals surface area contributed by atoms with Crippen LogP contribution in [0, 0.1) is 0 Å². The van der Waals surface area contributed by atoms with Crippen LogP contribution in [-0.2, 0) is 9.59 Å². The number of amidine groups is 1. The number of carboxylic acid groups (broad SMARTS) is 2. The molecule has 0 aromatic carbocycles. The molecule has 1 aliphatic heterocycles. The average Bonchev–Trinajstić information content (AvgIpc) is 3.23. The summed E-state index contributed by atoms with van der Waals surface area (Å²) in [6.07, 6.45) is 25.4. The molecule has 33 heavy (non-hydrogen) atoms. The summed E-state index contributed by atoms with van der Waals surface area (Å²) in [5.41, 5.74) is 0. The lowest BCUT2D eigenvalue weighted by atomic mass is 10.0. The highest BCUT2D eigenvalue weighted by Crippen LogP contribution is 2.12. The molecule has 7 heteroatoms. The lowest BCUT2D eigenvalue weighted by molar-refractivity contribution is -0.134. The largest absolute Gasteiger partial charge is 0.478 e. The summed E-state index contributed by atoms with van der Waals surface area (Å²) < 4.78 is 0. The van der Waals surface area contributed by atoms with Gasteiger partial charge in [0.2, 0.25) is 0 Å². The lowest BCUT2D eigenvalue weighted by Gasteiger charge is -2.16. The summed E-state index contributed by atoms with van der Waals surface area (Å²) >= 11 is 0. The van der Waals surface area contributed by atoms with Gasteiger partial charge in [0.25, 0.3) is 0 Å². The zero-order valence-corrected chi connectivity index (χ0v) is 21.1. The fourth-order valence-corrected chi connectivity index (χ4v) is 3.63. The quantitative estimate of drug-likeness (QED) is 0.118. The van der Waals surface area contributed by atoms with Crippen LogP contribution in [0.15, 0.2) is 29.3 Å². The van der Waals surface area contributed by atoms with Gasteiger partial charge >= 0.3 is 11.9 Å². The van der Waals surface area contributed by atoms with Crippen LogP contribution in [0.2, 0.25) is 0 Å². The van der Waals surface area contributed by atoms with Gasteiger partial charge in [0, 0.05) is 31.7 Å². The van der Waals surface area contributed by atoms with Gasteiger partial charge in [0.15, 0.2) is 0 Å². The Morgan fingerprint density at radius 3 is 1.76 bits per heavy atom. The van der Waals surface area contributed by atoms with Gasteiger partial charge in [-0.3, -0.25) is 4.99 Å². The number of aliphatic carboxylic acids is 2. The van der Waals surface area contributed by atoms with E-state index in [-0.39, 0.29) is 6.15 Å². The van der Waals surface area contributed by atoms with E-state index in [0.717, 1.165) is 26.1 Å². The Morgan fingerprint density at radius 1 is 0.818 bits per heavy atom. The first-order chi connectivity index (χ1) is 15.5. The molecule has 0 saturated heterocycles. The van der Waals surface area contributed by atoms with Gasteiger partial charge in [-0.2, -0.15) is 0 Å². The minimum Gasteiger partial charge on any atom is -0.478 e. The Bertz CT molecular complexity index is 558. The molecule has 1 heterocycles. The van der Waals surface area contributed by atoms with E-state index in [9.17, 15) is 9.59 Å². The number of carbonyl (C=O) groups is 2. The summed E-state index contributed by atoms with van der Waals surface area (Å²) in [6.45, 7) is 7.67. The van der Waals surface area contributed by atoms with E-state index in [1.165, 1.54) is 89.3 Å². The van der Waals surface area contributed by atoms with Crippen molar-refractivity contribution >= 4 is 17.8 Å². The molecule has 0 radical (unpaired) electrons. The molecule has 0 fully saturated rings. The molecule has 0 spiro atoms. The lowest BCUT2D eigenvalue weighted by Crippen LogP contribution is -2.27. The first-order valence-electron chi connectivity index (χ1n) is 12.6. The smallest absolute Gasteiger partial charge is 0.328 e. The van der Waals surface area contributed by atoms with E-state index >= 15 is 0 Å². The molecule has 192 valence electrons. The topological polar surface area (TPSA) is 125 Å². The summed E-state index contributed by atoms with van der Waals surface area (Å²) in [5, 5.41) is 15.6. The standard InChI is InChI=1S/C22H42N2.C4H4O4.H3N/c1-3-5-6-7-8-9-10-11-12-13-14-15-16-17-18-20-24-21-19-23-22(24)4-2;5-3(6)1-2-4(7)8;/h17-18H,3-16,19-21H2,1-2H3;1-2H,(H,5,6)(H,7,8);1H3. The zero-order valence-electron chi connectivity index (χ0n) is 21.1. The van der Waals surface area contributed by atoms with Gasteiger partial charge in [-0.15, -0.1) is 0 Å². The van der Waals surface area contributed by atoms with Gasteiger partial charge in [0.1, 0.15) is 0 Å². The molecule has 0 unspecified atom stereocenters. The number of allylic oxidation sites excluding steroid dienone is 1. The average molecular weight is 468 g/mol. The maximum atomic E-state index is 9.55. The number of hydrogen-bond donors (Lipinski definition) is 3. The van der Waals surface area contributed by atoms with E-state index in [4.69, 9.17) is 10.2 Å². The number of unbranched alkanes of at least 4 members (excludes halogenated alkanes) is 12. The maximum absolute atomic E-state index is 9.55. The van der Waals surface area contributed by atoms with E-state index in [2.05, 4.69) is 35.9 Å². The Hall–Kier alpha value is -2.15. The number of nitrogens with zero attached hydrogens (tertiary/aromatic N) is 2. The SMILES string of the molecule is CCCCCCCCCCCCCCC=CCN1CCN=C1CC.N.O=C(O)C=CC(=O)O. The molecule has 1 aliphatic rings. The van der Waals surface area contributed by atoms with Crippen molar-refractivity contribution in [1.29, 1.82) is 0 Å². The molecule has 5 N–H and O–H groups in total. The zero-order chi connectivity index (χ0) is 23.9. The van der Waals surface area contributed by atoms with Gasteiger partial charge in [0.05, 0.1) is 12.4 Å². The highest BCUT2D eigenvalue weighted by molar-refractivity contribution is 5.89. The third-order valence-electron chi connectivity index (χ3n) is 5.43. The summed E-state index contributed by atoms with van der Waals surface area (Å²) in [4.78, 5) is 26.1. The number of carboxylic acids is 2. The van der Waals surface area contributed by atoms with Crippen molar-refractivity contribution in [2.75, 3.05) is 19.6 Å². The third kappa shape index (κ3) is 22.8. The van der Waals surface area contributed by atoms with Gasteiger partial charge in [-0.05, 0) is 12.8 Å². The van der Waals surface area contributed by atoms with E-state index in [1.807, 2.05) is 0 Å². The predicted molar refractivity (Wildman–Crippen MR) is 138 cm³/mol. The highest BCUT2D eigenvalue weighted by atomic mass is 16.4. The molecular formula is C26H49N3O4. The van der Waals surface area contributed by atoms with Gasteiger partial charge in [-0.25, -0.2) is 9.59 Å². The van der Waals surface area contributed by atoms with Crippen LogP contribution in [0.25, 0.3) is 0 Å².